The number of urea groups is 1. The molecule has 0 aliphatic carbocycles. The van der Waals surface area contributed by atoms with Gasteiger partial charge in [-0.1, -0.05) is 0 Å². The molecule has 1 aromatic rings. The number of benzene rings is 1. The van der Waals surface area contributed by atoms with Gasteiger partial charge in [-0.15, -0.1) is 0 Å². The number of likely N-dealkylation sites (tertiary alicyclic amines) is 1. The van der Waals surface area contributed by atoms with E-state index in [1.165, 1.54) is 11.8 Å². The second kappa shape index (κ2) is 6.42. The number of carbonyl (C=O) groups excluding carboxylic acids is 2. The summed E-state index contributed by atoms with van der Waals surface area (Å²) in [5.41, 5.74) is -1.99. The van der Waals surface area contributed by atoms with E-state index in [2.05, 4.69) is 10.1 Å². The number of aliphatic carboxylic acids is 1. The lowest BCUT2D eigenvalue weighted by molar-refractivity contribution is -0.146. The third kappa shape index (κ3) is 3.29. The van der Waals surface area contributed by atoms with Gasteiger partial charge in [0.1, 0.15) is 11.6 Å². The van der Waals surface area contributed by atoms with Crippen molar-refractivity contribution in [3.05, 3.63) is 29.3 Å². The summed E-state index contributed by atoms with van der Waals surface area (Å²) in [6, 6.07) is 0.565. The maximum Gasteiger partial charge on any atom is 0.340 e. The minimum Gasteiger partial charge on any atom is -0.481 e. The molecule has 0 bridgehead atoms. The number of rotatable bonds is 3. The Labute approximate surface area is 136 Å². The van der Waals surface area contributed by atoms with E-state index in [-0.39, 0.29) is 19.5 Å². The van der Waals surface area contributed by atoms with E-state index in [1.54, 1.807) is 0 Å². The Morgan fingerprint density at radius 1 is 1.29 bits per heavy atom. The molecular formula is C15H16F2N2O5. The fraction of sp³-hybridized carbons (Fsp3) is 0.400. The van der Waals surface area contributed by atoms with E-state index in [0.717, 1.165) is 13.2 Å². The Hall–Kier alpha value is -2.71. The standard InChI is InChI=1S/C15H16F2N2O5/c1-15(13(21)22)3-4-19(7-15)14(23)18-11-5-8(12(20)24-2)9(16)6-10(11)17/h5-6H,3-4,7H2,1-2H3,(H,18,23)(H,21,22). The molecular weight excluding hydrogens is 326 g/mol. The average Bonchev–Trinajstić information content (AvgIpc) is 2.93. The smallest absolute Gasteiger partial charge is 0.340 e. The molecule has 9 heteroatoms. The SMILES string of the molecule is COC(=O)c1cc(NC(=O)N2CCC(C)(C(=O)O)C2)c(F)cc1F. The fourth-order valence-corrected chi connectivity index (χ4v) is 2.41. The van der Waals surface area contributed by atoms with E-state index >= 15 is 0 Å². The molecule has 1 aromatic carbocycles. The number of hydrogen-bond acceptors (Lipinski definition) is 4. The first-order valence-electron chi connectivity index (χ1n) is 7.04. The molecule has 24 heavy (non-hydrogen) atoms. The summed E-state index contributed by atoms with van der Waals surface area (Å²) in [6.07, 6.45) is 0.259. The van der Waals surface area contributed by atoms with E-state index in [4.69, 9.17) is 5.11 Å². The van der Waals surface area contributed by atoms with Gasteiger partial charge in [0, 0.05) is 19.2 Å². The molecule has 1 heterocycles. The molecule has 0 aromatic heterocycles. The lowest BCUT2D eigenvalue weighted by Gasteiger charge is -2.20. The predicted octanol–water partition coefficient (Wildman–Crippen LogP) is 2.08. The number of anilines is 1. The molecule has 1 atom stereocenters. The number of amides is 2. The van der Waals surface area contributed by atoms with Crippen LogP contribution in [0.2, 0.25) is 0 Å². The third-order valence-corrected chi connectivity index (χ3v) is 3.98. The summed E-state index contributed by atoms with van der Waals surface area (Å²) < 4.78 is 31.8. The van der Waals surface area contributed by atoms with Gasteiger partial charge in [-0.3, -0.25) is 4.79 Å². The number of halogens is 2. The first-order chi connectivity index (χ1) is 11.2. The Morgan fingerprint density at radius 2 is 1.96 bits per heavy atom. The van der Waals surface area contributed by atoms with Crippen LogP contribution in [0.3, 0.4) is 0 Å². The molecule has 0 spiro atoms. The monoisotopic (exact) mass is 342 g/mol. The lowest BCUT2D eigenvalue weighted by Crippen LogP contribution is -2.37. The van der Waals surface area contributed by atoms with Gasteiger partial charge < -0.3 is 20.1 Å². The summed E-state index contributed by atoms with van der Waals surface area (Å²) in [7, 11) is 1.04. The van der Waals surface area contributed by atoms with Crippen LogP contribution in [0.5, 0.6) is 0 Å². The lowest BCUT2D eigenvalue weighted by atomic mass is 9.90. The van der Waals surface area contributed by atoms with E-state index in [0.29, 0.717) is 6.07 Å². The number of carboxylic acid groups (broad SMARTS) is 1. The van der Waals surface area contributed by atoms with E-state index < -0.39 is 46.3 Å². The average molecular weight is 342 g/mol. The number of carboxylic acids is 1. The second-order valence-corrected chi connectivity index (χ2v) is 5.77. The Bertz CT molecular complexity index is 709. The van der Waals surface area contributed by atoms with Gasteiger partial charge in [0.25, 0.3) is 0 Å². The van der Waals surface area contributed by atoms with Crippen LogP contribution in [0, 0.1) is 17.0 Å². The largest absolute Gasteiger partial charge is 0.481 e. The number of carbonyl (C=O) groups is 3. The number of esters is 1. The highest BCUT2D eigenvalue weighted by molar-refractivity contribution is 5.94. The van der Waals surface area contributed by atoms with Crippen LogP contribution in [-0.4, -0.2) is 48.2 Å². The Morgan fingerprint density at radius 3 is 2.50 bits per heavy atom. The van der Waals surface area contributed by atoms with Gasteiger partial charge in [-0.2, -0.15) is 0 Å². The summed E-state index contributed by atoms with van der Waals surface area (Å²) in [5, 5.41) is 11.4. The van der Waals surface area contributed by atoms with Gasteiger partial charge in [0.05, 0.1) is 23.8 Å². The van der Waals surface area contributed by atoms with Crippen LogP contribution in [0.25, 0.3) is 0 Å². The molecule has 2 amide bonds. The Balaban J connectivity index is 2.18. The van der Waals surface area contributed by atoms with Crippen molar-refractivity contribution in [1.82, 2.24) is 4.90 Å². The quantitative estimate of drug-likeness (QED) is 0.820. The molecule has 1 saturated heterocycles. The molecule has 1 aliphatic rings. The van der Waals surface area contributed by atoms with Crippen LogP contribution in [0.1, 0.15) is 23.7 Å². The minimum atomic E-state index is -1.11. The number of nitrogens with zero attached hydrogens (tertiary/aromatic N) is 1. The molecule has 1 aliphatic heterocycles. The van der Waals surface area contributed by atoms with Gasteiger partial charge in [-0.25, -0.2) is 18.4 Å². The maximum absolute atomic E-state index is 13.8. The second-order valence-electron chi connectivity index (χ2n) is 5.77. The van der Waals surface area contributed by atoms with Crippen molar-refractivity contribution < 1.29 is 33.0 Å². The summed E-state index contributed by atoms with van der Waals surface area (Å²) in [5.74, 6) is -4.22. The van der Waals surface area contributed by atoms with Crippen molar-refractivity contribution in [1.29, 1.82) is 0 Å². The zero-order chi connectivity index (χ0) is 18.1. The van der Waals surface area contributed by atoms with Gasteiger partial charge in [0.2, 0.25) is 0 Å². The van der Waals surface area contributed by atoms with Crippen molar-refractivity contribution in [2.75, 3.05) is 25.5 Å². The van der Waals surface area contributed by atoms with Crippen LogP contribution < -0.4 is 5.32 Å². The molecule has 7 nitrogen and oxygen atoms in total. The first kappa shape index (κ1) is 17.6. The molecule has 0 radical (unpaired) electrons. The van der Waals surface area contributed by atoms with Crippen LogP contribution >= 0.6 is 0 Å². The van der Waals surface area contributed by atoms with Crippen LogP contribution in [0.15, 0.2) is 12.1 Å². The highest BCUT2D eigenvalue weighted by Crippen LogP contribution is 2.30. The van der Waals surface area contributed by atoms with Gasteiger partial charge in [-0.05, 0) is 19.4 Å². The molecule has 2 N–H and O–H groups in total. The number of hydrogen-bond donors (Lipinski definition) is 2. The molecule has 2 rings (SSSR count). The Kier molecular flexibility index (Phi) is 4.72. The topological polar surface area (TPSA) is 95.9 Å². The normalized spacial score (nSPS) is 19.9. The predicted molar refractivity (Wildman–Crippen MR) is 78.6 cm³/mol. The van der Waals surface area contributed by atoms with Crippen molar-refractivity contribution in [3.8, 4) is 0 Å². The molecule has 1 unspecified atom stereocenters. The molecule has 1 fully saturated rings. The van der Waals surface area contributed by atoms with Crippen molar-refractivity contribution in [2.45, 2.75) is 13.3 Å². The number of ether oxygens (including phenoxy) is 1. The summed E-state index contributed by atoms with van der Waals surface area (Å²) in [6.45, 7) is 1.65. The zero-order valence-corrected chi connectivity index (χ0v) is 13.1. The highest BCUT2D eigenvalue weighted by Gasteiger charge is 2.42. The van der Waals surface area contributed by atoms with Crippen LogP contribution in [-0.2, 0) is 9.53 Å². The van der Waals surface area contributed by atoms with E-state index in [9.17, 15) is 23.2 Å². The third-order valence-electron chi connectivity index (χ3n) is 3.98. The zero-order valence-electron chi connectivity index (χ0n) is 13.1. The van der Waals surface area contributed by atoms with Gasteiger partial charge >= 0.3 is 18.0 Å². The van der Waals surface area contributed by atoms with Crippen molar-refractivity contribution >= 4 is 23.7 Å². The van der Waals surface area contributed by atoms with Crippen molar-refractivity contribution in [3.63, 3.8) is 0 Å². The molecule has 130 valence electrons. The highest BCUT2D eigenvalue weighted by atomic mass is 19.1. The van der Waals surface area contributed by atoms with E-state index in [1.807, 2.05) is 0 Å². The van der Waals surface area contributed by atoms with Crippen molar-refractivity contribution in [2.24, 2.45) is 5.41 Å². The minimum absolute atomic E-state index is 0.0408. The van der Waals surface area contributed by atoms with Gasteiger partial charge in [0.15, 0.2) is 0 Å². The number of methoxy groups -OCH3 is 1. The summed E-state index contributed by atoms with van der Waals surface area (Å²) >= 11 is 0. The fourth-order valence-electron chi connectivity index (χ4n) is 2.41. The summed E-state index contributed by atoms with van der Waals surface area (Å²) in [4.78, 5) is 36.0. The number of nitrogens with one attached hydrogen (secondary N) is 1. The maximum atomic E-state index is 13.8. The first-order valence-corrected chi connectivity index (χ1v) is 7.04. The van der Waals surface area contributed by atoms with Crippen LogP contribution in [0.4, 0.5) is 19.3 Å². The molecule has 0 saturated carbocycles.